The van der Waals surface area contributed by atoms with E-state index in [0.29, 0.717) is 12.1 Å². The molecular formula is C18H20N2O2. The van der Waals surface area contributed by atoms with Gasteiger partial charge in [0.25, 0.3) is 5.91 Å². The summed E-state index contributed by atoms with van der Waals surface area (Å²) in [4.78, 5) is 26.2. The van der Waals surface area contributed by atoms with Crippen molar-refractivity contribution in [1.29, 1.82) is 0 Å². The normalized spacial score (nSPS) is 21.8. The molecule has 2 N–H and O–H groups in total. The number of carbonyl (C=O) groups excluding carboxylic acids is 2. The van der Waals surface area contributed by atoms with Crippen LogP contribution in [0.1, 0.15) is 30.1 Å². The summed E-state index contributed by atoms with van der Waals surface area (Å²) in [6.45, 7) is 2.44. The van der Waals surface area contributed by atoms with Crippen molar-refractivity contribution in [2.75, 3.05) is 6.54 Å². The Morgan fingerprint density at radius 2 is 1.82 bits per heavy atom. The number of carbonyl (C=O) groups is 2. The molecule has 1 fully saturated rings. The smallest absolute Gasteiger partial charge is 0.254 e. The first-order chi connectivity index (χ1) is 10.6. The number of nitrogens with zero attached hydrogens (tertiary/aromatic N) is 1. The Morgan fingerprint density at radius 1 is 1.09 bits per heavy atom. The molecule has 3 rings (SSSR count). The summed E-state index contributed by atoms with van der Waals surface area (Å²) in [7, 11) is 0. The molecule has 1 aliphatic heterocycles. The molecule has 1 saturated heterocycles. The van der Waals surface area contributed by atoms with Gasteiger partial charge in [-0.15, -0.1) is 0 Å². The third-order valence-electron chi connectivity index (χ3n) is 4.57. The maximum atomic E-state index is 13.0. The zero-order valence-electron chi connectivity index (χ0n) is 12.7. The van der Waals surface area contributed by atoms with Gasteiger partial charge in [0.05, 0.1) is 5.92 Å². The highest BCUT2D eigenvalue weighted by Gasteiger charge is 2.32. The van der Waals surface area contributed by atoms with Crippen LogP contribution in [0.15, 0.2) is 42.5 Å². The van der Waals surface area contributed by atoms with E-state index in [1.165, 1.54) is 0 Å². The quantitative estimate of drug-likeness (QED) is 0.925. The van der Waals surface area contributed by atoms with Crippen molar-refractivity contribution >= 4 is 22.6 Å². The van der Waals surface area contributed by atoms with Crippen molar-refractivity contribution in [3.05, 3.63) is 48.0 Å². The topological polar surface area (TPSA) is 63.4 Å². The van der Waals surface area contributed by atoms with Gasteiger partial charge in [0.1, 0.15) is 0 Å². The van der Waals surface area contributed by atoms with Crippen LogP contribution in [0.3, 0.4) is 0 Å². The van der Waals surface area contributed by atoms with E-state index >= 15 is 0 Å². The average Bonchev–Trinajstić information content (AvgIpc) is 2.54. The zero-order chi connectivity index (χ0) is 15.7. The number of likely N-dealkylation sites (tertiary alicyclic amines) is 1. The Kier molecular flexibility index (Phi) is 3.84. The van der Waals surface area contributed by atoms with Crippen molar-refractivity contribution in [3.8, 4) is 0 Å². The molecule has 2 amide bonds. The first-order valence-electron chi connectivity index (χ1n) is 7.66. The van der Waals surface area contributed by atoms with Crippen LogP contribution >= 0.6 is 0 Å². The molecule has 114 valence electrons. The van der Waals surface area contributed by atoms with Crippen molar-refractivity contribution in [1.82, 2.24) is 4.90 Å². The molecule has 0 aliphatic carbocycles. The lowest BCUT2D eigenvalue weighted by Gasteiger charge is -2.37. The van der Waals surface area contributed by atoms with Crippen LogP contribution in [0.25, 0.3) is 10.8 Å². The SMILES string of the molecule is C[C@@H]1CC[C@@H](C(N)=O)CN1C(=O)c1cccc2ccccc12. The van der Waals surface area contributed by atoms with Gasteiger partial charge < -0.3 is 10.6 Å². The lowest BCUT2D eigenvalue weighted by atomic mass is 9.92. The van der Waals surface area contributed by atoms with Gasteiger partial charge in [-0.3, -0.25) is 9.59 Å². The van der Waals surface area contributed by atoms with E-state index in [-0.39, 0.29) is 23.8 Å². The monoisotopic (exact) mass is 296 g/mol. The molecular weight excluding hydrogens is 276 g/mol. The molecule has 1 aliphatic rings. The largest absolute Gasteiger partial charge is 0.369 e. The van der Waals surface area contributed by atoms with Crippen LogP contribution in [0, 0.1) is 5.92 Å². The Balaban J connectivity index is 1.96. The predicted octanol–water partition coefficient (Wildman–Crippen LogP) is 2.57. The molecule has 2 aromatic rings. The summed E-state index contributed by atoms with van der Waals surface area (Å²) in [5.41, 5.74) is 6.12. The molecule has 22 heavy (non-hydrogen) atoms. The van der Waals surface area contributed by atoms with Crippen LogP contribution in [0.2, 0.25) is 0 Å². The molecule has 4 heteroatoms. The van der Waals surface area contributed by atoms with Crippen LogP contribution < -0.4 is 5.73 Å². The summed E-state index contributed by atoms with van der Waals surface area (Å²) in [6.07, 6.45) is 1.57. The maximum absolute atomic E-state index is 13.0. The number of amides is 2. The lowest BCUT2D eigenvalue weighted by Crippen LogP contribution is -2.48. The van der Waals surface area contributed by atoms with Gasteiger partial charge in [0.15, 0.2) is 0 Å². The number of benzene rings is 2. The minimum atomic E-state index is -0.317. The van der Waals surface area contributed by atoms with Gasteiger partial charge in [-0.25, -0.2) is 0 Å². The first-order valence-corrected chi connectivity index (χ1v) is 7.66. The highest BCUT2D eigenvalue weighted by atomic mass is 16.2. The highest BCUT2D eigenvalue weighted by Crippen LogP contribution is 2.26. The third kappa shape index (κ3) is 2.56. The minimum Gasteiger partial charge on any atom is -0.369 e. The van der Waals surface area contributed by atoms with Crippen molar-refractivity contribution in [2.45, 2.75) is 25.8 Å². The Bertz CT molecular complexity index is 721. The molecule has 2 atom stereocenters. The number of piperidine rings is 1. The zero-order valence-corrected chi connectivity index (χ0v) is 12.7. The maximum Gasteiger partial charge on any atom is 0.254 e. The fraction of sp³-hybridized carbons (Fsp3) is 0.333. The predicted molar refractivity (Wildman–Crippen MR) is 86.4 cm³/mol. The second kappa shape index (κ2) is 5.79. The van der Waals surface area contributed by atoms with Crippen molar-refractivity contribution in [3.63, 3.8) is 0 Å². The Morgan fingerprint density at radius 3 is 2.59 bits per heavy atom. The number of nitrogens with two attached hydrogens (primary N) is 1. The van der Waals surface area contributed by atoms with Crippen LogP contribution in [-0.4, -0.2) is 29.3 Å². The molecule has 0 unspecified atom stereocenters. The lowest BCUT2D eigenvalue weighted by molar-refractivity contribution is -0.123. The van der Waals surface area contributed by atoms with Crippen LogP contribution in [0.4, 0.5) is 0 Å². The van der Waals surface area contributed by atoms with Gasteiger partial charge in [0, 0.05) is 18.2 Å². The molecule has 0 saturated carbocycles. The number of rotatable bonds is 2. The molecule has 0 bridgehead atoms. The van der Waals surface area contributed by atoms with Gasteiger partial charge in [-0.2, -0.15) is 0 Å². The third-order valence-corrected chi connectivity index (χ3v) is 4.57. The van der Waals surface area contributed by atoms with E-state index in [2.05, 4.69) is 0 Å². The van der Waals surface area contributed by atoms with Gasteiger partial charge >= 0.3 is 0 Å². The highest BCUT2D eigenvalue weighted by molar-refractivity contribution is 6.07. The van der Waals surface area contributed by atoms with E-state index in [1.54, 1.807) is 4.90 Å². The number of fused-ring (bicyclic) bond motifs is 1. The minimum absolute atomic E-state index is 0.0183. The second-order valence-electron chi connectivity index (χ2n) is 6.01. The summed E-state index contributed by atoms with van der Waals surface area (Å²) in [6, 6.07) is 13.7. The van der Waals surface area contributed by atoms with Gasteiger partial charge in [-0.1, -0.05) is 36.4 Å². The van der Waals surface area contributed by atoms with E-state index in [1.807, 2.05) is 49.4 Å². The summed E-state index contributed by atoms with van der Waals surface area (Å²) >= 11 is 0. The summed E-state index contributed by atoms with van der Waals surface area (Å²) in [5, 5.41) is 1.99. The van der Waals surface area contributed by atoms with Crippen LogP contribution in [0.5, 0.6) is 0 Å². The summed E-state index contributed by atoms with van der Waals surface area (Å²) in [5.74, 6) is -0.576. The Labute approximate surface area is 129 Å². The molecule has 2 aromatic carbocycles. The average molecular weight is 296 g/mol. The molecule has 0 spiro atoms. The van der Waals surface area contributed by atoms with Gasteiger partial charge in [0.2, 0.25) is 5.91 Å². The van der Waals surface area contributed by atoms with E-state index in [9.17, 15) is 9.59 Å². The van der Waals surface area contributed by atoms with Crippen molar-refractivity contribution < 1.29 is 9.59 Å². The molecule has 4 nitrogen and oxygen atoms in total. The fourth-order valence-electron chi connectivity index (χ4n) is 3.19. The second-order valence-corrected chi connectivity index (χ2v) is 6.01. The first kappa shape index (κ1) is 14.6. The number of hydrogen-bond acceptors (Lipinski definition) is 2. The van der Waals surface area contributed by atoms with Crippen LogP contribution in [-0.2, 0) is 4.79 Å². The molecule has 0 aromatic heterocycles. The standard InChI is InChI=1S/C18H20N2O2/c1-12-9-10-14(17(19)21)11-20(12)18(22)16-8-4-6-13-5-2-3-7-15(13)16/h2-8,12,14H,9-11H2,1H3,(H2,19,21)/t12-,14-/m1/s1. The fourth-order valence-corrected chi connectivity index (χ4v) is 3.19. The number of primary amides is 1. The van der Waals surface area contributed by atoms with Crippen molar-refractivity contribution in [2.24, 2.45) is 11.7 Å². The van der Waals surface area contributed by atoms with E-state index in [4.69, 9.17) is 5.73 Å². The van der Waals surface area contributed by atoms with E-state index < -0.39 is 0 Å². The number of hydrogen-bond donors (Lipinski definition) is 1. The summed E-state index contributed by atoms with van der Waals surface area (Å²) < 4.78 is 0. The molecule has 0 radical (unpaired) electrons. The Hall–Kier alpha value is -2.36. The molecule has 1 heterocycles. The van der Waals surface area contributed by atoms with Gasteiger partial charge in [-0.05, 0) is 36.6 Å². The van der Waals surface area contributed by atoms with E-state index in [0.717, 1.165) is 23.6 Å².